The highest BCUT2D eigenvalue weighted by Gasteiger charge is 2.56. The van der Waals surface area contributed by atoms with Gasteiger partial charge in [0.15, 0.2) is 17.2 Å². The molecule has 5 aliphatic rings. The molecule has 5 aliphatic heterocycles. The monoisotopic (exact) mass is 1110 g/mol. The number of thioether (sulfide) groups is 1. The molecule has 4 fully saturated rings. The Bertz CT molecular complexity index is 3080. The summed E-state index contributed by atoms with van der Waals surface area (Å²) in [6.45, 7) is 14.0. The van der Waals surface area contributed by atoms with Crippen LogP contribution in [-0.2, 0) is 37.2 Å². The van der Waals surface area contributed by atoms with Crippen molar-refractivity contribution < 1.29 is 52.2 Å². The van der Waals surface area contributed by atoms with E-state index in [1.165, 1.54) is 36.9 Å². The number of rotatable bonds is 20. The fourth-order valence-corrected chi connectivity index (χ4v) is 12.0. The summed E-state index contributed by atoms with van der Waals surface area (Å²) in [5.74, 6) is 0.769. The molecule has 0 aliphatic carbocycles. The van der Waals surface area contributed by atoms with Gasteiger partial charge in [-0.15, -0.1) is 33.3 Å². The zero-order valence-corrected chi connectivity index (χ0v) is 46.6. The zero-order chi connectivity index (χ0) is 54.9. The third-order valence-electron chi connectivity index (χ3n) is 14.2. The maximum Gasteiger partial charge on any atom is 0.353 e. The zero-order valence-electron chi connectivity index (χ0n) is 44.2. The standard InChI is InChI=1S/C53H60BClN10O10S2/c1-31-57-38(29-76-31)41(61-75-52(5,6)50(69)74-51(2,3)4)47(67)58-42-48(68)63-43(45-59-62-64(54)60-45)34(28-77-49(42)63)25-65-22-19-53(20-23-65,21-24-65)30-56-46(66)37-17-18-39(72-26-32-9-13-35(70-7)14-10-32)44(40(37)55)73-27-33-11-15-36(71-8)16-12-33/h9-18,29,42,49H,19-28,30H2,1-8H3,(H-,56,58,66,67)/p+1/b61-41-/t42-,49-,53?,65?/m1/s1. The molecule has 0 unspecified atom stereocenters. The summed E-state index contributed by atoms with van der Waals surface area (Å²) in [5.41, 5.74) is 1.11. The van der Waals surface area contributed by atoms with Crippen molar-refractivity contribution in [2.75, 3.05) is 52.7 Å². The summed E-state index contributed by atoms with van der Waals surface area (Å²) in [6, 6.07) is 17.5. The van der Waals surface area contributed by atoms with Crippen molar-refractivity contribution >= 4 is 77.8 Å². The summed E-state index contributed by atoms with van der Waals surface area (Å²) in [7, 11) is 9.15. The van der Waals surface area contributed by atoms with Gasteiger partial charge in [0.1, 0.15) is 54.0 Å². The highest BCUT2D eigenvalue weighted by molar-refractivity contribution is 8.00. The van der Waals surface area contributed by atoms with Crippen molar-refractivity contribution in [1.82, 2.24) is 40.6 Å². The van der Waals surface area contributed by atoms with E-state index < -0.39 is 34.5 Å². The van der Waals surface area contributed by atoms with Gasteiger partial charge in [0.05, 0.1) is 55.1 Å². The first-order valence-corrected chi connectivity index (χ1v) is 27.4. The van der Waals surface area contributed by atoms with E-state index in [9.17, 15) is 19.2 Å². The number of carbonyl (C=O) groups is 4. The van der Waals surface area contributed by atoms with Crippen molar-refractivity contribution in [2.45, 2.75) is 96.6 Å². The van der Waals surface area contributed by atoms with E-state index in [1.54, 1.807) is 64.3 Å². The topological polar surface area (TPSA) is 220 Å². The van der Waals surface area contributed by atoms with Crippen LogP contribution in [0.5, 0.6) is 23.0 Å². The van der Waals surface area contributed by atoms with E-state index in [0.717, 1.165) is 76.3 Å². The van der Waals surface area contributed by atoms with Crippen LogP contribution in [-0.4, -0.2) is 147 Å². The number of amides is 3. The van der Waals surface area contributed by atoms with Crippen molar-refractivity contribution in [1.29, 1.82) is 0 Å². The van der Waals surface area contributed by atoms with Crippen LogP contribution in [0, 0.1) is 12.3 Å². The van der Waals surface area contributed by atoms with E-state index in [2.05, 4.69) is 36.2 Å². The Labute approximate surface area is 461 Å². The molecule has 20 nitrogen and oxygen atoms in total. The number of esters is 1. The molecule has 2 radical (unpaired) electrons. The number of aromatic nitrogens is 5. The third kappa shape index (κ3) is 12.2. The average Bonchev–Trinajstić information content (AvgIpc) is 4.10. The molecule has 2 N–H and O–H groups in total. The van der Waals surface area contributed by atoms with Crippen LogP contribution in [0.25, 0.3) is 5.70 Å². The van der Waals surface area contributed by atoms with Gasteiger partial charge in [-0.25, -0.2) is 14.5 Å². The number of thiazole rings is 1. The van der Waals surface area contributed by atoms with Crippen LogP contribution in [0.1, 0.15) is 91.9 Å². The largest absolute Gasteiger partial charge is 0.497 e. The minimum absolute atomic E-state index is 0.126. The van der Waals surface area contributed by atoms with Gasteiger partial charge in [0.2, 0.25) is 11.4 Å². The molecule has 5 aromatic rings. The first-order valence-electron chi connectivity index (χ1n) is 25.1. The van der Waals surface area contributed by atoms with Crippen molar-refractivity contribution in [3.8, 4) is 23.0 Å². The first kappa shape index (κ1) is 55.1. The van der Waals surface area contributed by atoms with Gasteiger partial charge in [0.25, 0.3) is 25.7 Å². The molecule has 2 aromatic heterocycles. The Balaban J connectivity index is 0.863. The molecular weight excluding hydrogens is 1050 g/mol. The third-order valence-corrected chi connectivity index (χ3v) is 16.7. The molecule has 2 bridgehead atoms. The van der Waals surface area contributed by atoms with Gasteiger partial charge < -0.3 is 43.6 Å². The van der Waals surface area contributed by atoms with Crippen LogP contribution in [0.2, 0.25) is 5.02 Å². The fourth-order valence-electron chi connectivity index (χ4n) is 9.75. The van der Waals surface area contributed by atoms with E-state index in [0.29, 0.717) is 35.3 Å². The molecule has 77 heavy (non-hydrogen) atoms. The number of hydrogen-bond donors (Lipinski definition) is 2. The molecule has 7 heterocycles. The van der Waals surface area contributed by atoms with Crippen LogP contribution >= 0.6 is 34.7 Å². The smallest absolute Gasteiger partial charge is 0.353 e. The van der Waals surface area contributed by atoms with Gasteiger partial charge in [0, 0.05) is 47.9 Å². The SMILES string of the molecule is [B]n1nnc(C2=C(C[N+]34CCC(CNC(=O)c5ccc(OCc6ccc(OC)cc6)c(OCc6ccc(OC)cc6)c5Cl)(CC3)CC4)CS[C@@H]3[C@H](NC(=O)/C(=N\OC(C)(C)C(=O)OC(C)(C)C)c4csc(C)n4)C(=O)N23)n1. The van der Waals surface area contributed by atoms with Gasteiger partial charge in [-0.3, -0.25) is 19.3 Å². The second-order valence-corrected chi connectivity index (χ2v) is 23.7. The number of benzene rings is 3. The Hall–Kier alpha value is -6.69. The Morgan fingerprint density at radius 1 is 0.922 bits per heavy atom. The Morgan fingerprint density at radius 3 is 2.13 bits per heavy atom. The highest BCUT2D eigenvalue weighted by Crippen LogP contribution is 2.48. The number of oxime groups is 1. The normalized spacial score (nSPS) is 21.2. The second kappa shape index (κ2) is 22.3. The van der Waals surface area contributed by atoms with Crippen LogP contribution in [0.15, 0.2) is 76.8 Å². The number of fused-ring (bicyclic) bond motifs is 4. The maximum atomic E-state index is 14.3. The molecule has 3 amide bonds. The number of nitrogens with zero attached hydrogens (tertiary/aromatic N) is 8. The van der Waals surface area contributed by atoms with Crippen molar-refractivity contribution in [2.24, 2.45) is 10.6 Å². The molecule has 24 heteroatoms. The minimum Gasteiger partial charge on any atom is -0.497 e. The van der Waals surface area contributed by atoms with Gasteiger partial charge in [-0.05, 0) is 89.1 Å². The van der Waals surface area contributed by atoms with Crippen LogP contribution in [0.3, 0.4) is 0 Å². The lowest BCUT2D eigenvalue weighted by Gasteiger charge is -2.56. The number of carbonyl (C=O) groups excluding carboxylic acids is 4. The lowest BCUT2D eigenvalue weighted by Crippen LogP contribution is -2.70. The summed E-state index contributed by atoms with van der Waals surface area (Å²) >= 11 is 9.89. The van der Waals surface area contributed by atoms with Gasteiger partial charge in [-0.1, -0.05) is 46.2 Å². The Morgan fingerprint density at radius 2 is 1.56 bits per heavy atom. The van der Waals surface area contributed by atoms with E-state index in [-0.39, 0.29) is 64.0 Å². The summed E-state index contributed by atoms with van der Waals surface area (Å²) in [4.78, 5) is 67.2. The predicted octanol–water partition coefficient (Wildman–Crippen LogP) is 6.28. The number of quaternary nitrogens is 1. The van der Waals surface area contributed by atoms with Crippen LogP contribution in [0.4, 0.5) is 0 Å². The average molecular weight is 1110 g/mol. The highest BCUT2D eigenvalue weighted by atomic mass is 35.5. The molecular formula is C53H61BClN10O10S2+. The summed E-state index contributed by atoms with van der Waals surface area (Å²) in [5, 5.41) is 24.7. The van der Waals surface area contributed by atoms with E-state index in [1.807, 2.05) is 48.5 Å². The summed E-state index contributed by atoms with van der Waals surface area (Å²) < 4.78 is 30.3. The second-order valence-electron chi connectivity index (χ2n) is 21.2. The predicted molar refractivity (Wildman–Crippen MR) is 290 cm³/mol. The van der Waals surface area contributed by atoms with E-state index >= 15 is 0 Å². The lowest BCUT2D eigenvalue weighted by molar-refractivity contribution is -0.941. The number of halogens is 1. The summed E-state index contributed by atoms with van der Waals surface area (Å²) in [6.07, 6.45) is 2.59. The fraction of sp³-hybridized carbons (Fsp3) is 0.453. The molecule has 404 valence electrons. The first-order chi connectivity index (χ1) is 36.7. The van der Waals surface area contributed by atoms with Gasteiger partial charge >= 0.3 is 5.97 Å². The van der Waals surface area contributed by atoms with Gasteiger partial charge in [-0.2, -0.15) is 0 Å². The number of β-lactam (4-membered cyclic amide) rings is 1. The molecule has 0 spiro atoms. The molecule has 0 saturated carbocycles. The number of piperidine rings is 3. The minimum atomic E-state index is -1.55. The molecule has 10 rings (SSSR count). The number of tetrazole rings is 1. The maximum absolute atomic E-state index is 14.3. The molecule has 3 aromatic carbocycles. The number of hydrogen-bond acceptors (Lipinski definition) is 17. The number of ether oxygens (including phenoxy) is 5. The Kier molecular flexibility index (Phi) is 16.0. The number of aryl methyl sites for hydroxylation is 1. The lowest BCUT2D eigenvalue weighted by atomic mass is 9.70. The number of nitrogens with one attached hydrogen (secondary N) is 2. The quantitative estimate of drug-likeness (QED) is 0.0219. The van der Waals surface area contributed by atoms with E-state index in [4.69, 9.17) is 48.1 Å². The van der Waals surface area contributed by atoms with Crippen molar-refractivity contribution in [3.05, 3.63) is 110 Å². The number of methoxy groups -OCH3 is 2. The van der Waals surface area contributed by atoms with Crippen molar-refractivity contribution in [3.63, 3.8) is 0 Å². The van der Waals surface area contributed by atoms with Crippen LogP contribution < -0.4 is 29.6 Å². The molecule has 2 atom stereocenters. The molecule has 4 saturated heterocycles.